The largest absolute Gasteiger partial charge is 0.352 e. The van der Waals surface area contributed by atoms with Crippen molar-refractivity contribution in [1.82, 2.24) is 10.3 Å². The van der Waals surface area contributed by atoms with E-state index in [-0.39, 0.29) is 16.8 Å². The monoisotopic (exact) mass is 508 g/mol. The fraction of sp³-hybridized carbons (Fsp3) is 0.296. The summed E-state index contributed by atoms with van der Waals surface area (Å²) < 4.78 is 0. The standard InChI is InChI=1S/C27H29ClN4O2S/c28-24-15-20(11-12-22(24)25(33)31-17-19-7-4-6-18(14-19)16-29)32-26(34)23-10-5-13-30-27(23)35-21-8-2-1-3-9-21/h1-3,5,8-13,15,18-19H,4,6-7,14,16-17,29H2,(H,31,33)(H,32,34). The van der Waals surface area contributed by atoms with Crippen molar-refractivity contribution < 1.29 is 9.59 Å². The first kappa shape index (κ1) is 25.2. The number of anilines is 1. The summed E-state index contributed by atoms with van der Waals surface area (Å²) in [5.74, 6) is 0.484. The van der Waals surface area contributed by atoms with Gasteiger partial charge < -0.3 is 16.4 Å². The Morgan fingerprint density at radius 2 is 1.80 bits per heavy atom. The number of hydrogen-bond donors (Lipinski definition) is 3. The van der Waals surface area contributed by atoms with Crippen molar-refractivity contribution in [1.29, 1.82) is 0 Å². The van der Waals surface area contributed by atoms with Gasteiger partial charge in [0, 0.05) is 23.3 Å². The minimum absolute atomic E-state index is 0.212. The molecule has 0 bridgehead atoms. The van der Waals surface area contributed by atoms with Gasteiger partial charge in [0.25, 0.3) is 11.8 Å². The number of benzene rings is 2. The number of hydrogen-bond acceptors (Lipinski definition) is 5. The minimum atomic E-state index is -0.295. The van der Waals surface area contributed by atoms with Crippen molar-refractivity contribution in [3.05, 3.63) is 83.0 Å². The molecule has 8 heteroatoms. The second-order valence-electron chi connectivity index (χ2n) is 8.76. The van der Waals surface area contributed by atoms with Crippen molar-refractivity contribution in [2.45, 2.75) is 35.6 Å². The van der Waals surface area contributed by atoms with Crippen LogP contribution in [0.1, 0.15) is 46.4 Å². The number of rotatable bonds is 8. The van der Waals surface area contributed by atoms with Gasteiger partial charge in [-0.2, -0.15) is 0 Å². The van der Waals surface area contributed by atoms with E-state index in [1.165, 1.54) is 18.2 Å². The normalized spacial score (nSPS) is 17.5. The molecule has 2 unspecified atom stereocenters. The second-order valence-corrected chi connectivity index (χ2v) is 10.2. The van der Waals surface area contributed by atoms with E-state index in [1.807, 2.05) is 30.3 Å². The lowest BCUT2D eigenvalue weighted by molar-refractivity contribution is 0.0940. The highest BCUT2D eigenvalue weighted by molar-refractivity contribution is 7.99. The van der Waals surface area contributed by atoms with Crippen molar-refractivity contribution in [3.8, 4) is 0 Å². The third-order valence-corrected chi connectivity index (χ3v) is 7.56. The molecule has 1 aliphatic carbocycles. The molecule has 3 aromatic rings. The van der Waals surface area contributed by atoms with Crippen molar-refractivity contribution in [3.63, 3.8) is 0 Å². The highest BCUT2D eigenvalue weighted by atomic mass is 35.5. The molecule has 0 spiro atoms. The quantitative estimate of drug-likeness (QED) is 0.366. The van der Waals surface area contributed by atoms with Crippen LogP contribution < -0.4 is 16.4 Å². The number of nitrogens with zero attached hydrogens (tertiary/aromatic N) is 1. The molecule has 2 aromatic carbocycles. The molecule has 2 atom stereocenters. The molecule has 1 saturated carbocycles. The molecule has 6 nitrogen and oxygen atoms in total. The molecule has 0 saturated heterocycles. The molecular weight excluding hydrogens is 480 g/mol. The van der Waals surface area contributed by atoms with E-state index in [9.17, 15) is 9.59 Å². The average Bonchev–Trinajstić information content (AvgIpc) is 2.88. The number of nitrogens with two attached hydrogens (primary N) is 1. The molecule has 1 heterocycles. The lowest BCUT2D eigenvalue weighted by atomic mass is 9.81. The number of aromatic nitrogens is 1. The zero-order valence-corrected chi connectivity index (χ0v) is 20.9. The van der Waals surface area contributed by atoms with Crippen LogP contribution >= 0.6 is 23.4 Å². The van der Waals surface area contributed by atoms with Crippen LogP contribution in [0.15, 0.2) is 76.8 Å². The van der Waals surface area contributed by atoms with Crippen molar-refractivity contribution in [2.24, 2.45) is 17.6 Å². The van der Waals surface area contributed by atoms with Gasteiger partial charge in [-0.15, -0.1) is 0 Å². The summed E-state index contributed by atoms with van der Waals surface area (Å²) in [6, 6.07) is 18.1. The fourth-order valence-electron chi connectivity index (χ4n) is 4.35. The minimum Gasteiger partial charge on any atom is -0.352 e. The maximum Gasteiger partial charge on any atom is 0.258 e. The van der Waals surface area contributed by atoms with Crippen molar-refractivity contribution in [2.75, 3.05) is 18.4 Å². The van der Waals surface area contributed by atoms with Crippen LogP contribution in [0, 0.1) is 11.8 Å². The van der Waals surface area contributed by atoms with Gasteiger partial charge >= 0.3 is 0 Å². The highest BCUT2D eigenvalue weighted by Gasteiger charge is 2.22. The Balaban J connectivity index is 1.38. The predicted molar refractivity (Wildman–Crippen MR) is 141 cm³/mol. The number of halogens is 1. The van der Waals surface area contributed by atoms with E-state index in [0.29, 0.717) is 46.8 Å². The van der Waals surface area contributed by atoms with E-state index < -0.39 is 0 Å². The lowest BCUT2D eigenvalue weighted by Crippen LogP contribution is -2.33. The van der Waals surface area contributed by atoms with Gasteiger partial charge in [-0.05, 0) is 80.1 Å². The van der Waals surface area contributed by atoms with E-state index in [4.69, 9.17) is 17.3 Å². The number of carbonyl (C=O) groups excluding carboxylic acids is 2. The molecule has 1 fully saturated rings. The van der Waals surface area contributed by atoms with Gasteiger partial charge in [0.05, 0.1) is 16.1 Å². The van der Waals surface area contributed by atoms with Gasteiger partial charge in [-0.25, -0.2) is 4.98 Å². The molecule has 182 valence electrons. The molecule has 4 N–H and O–H groups in total. The maximum atomic E-state index is 13.0. The van der Waals surface area contributed by atoms with Crippen LogP contribution in [0.3, 0.4) is 0 Å². The molecule has 4 rings (SSSR count). The summed E-state index contributed by atoms with van der Waals surface area (Å²) in [7, 11) is 0. The molecule has 1 aromatic heterocycles. The molecule has 0 aliphatic heterocycles. The van der Waals surface area contributed by atoms with Gasteiger partial charge in [-0.1, -0.05) is 48.0 Å². The van der Waals surface area contributed by atoms with Crippen LogP contribution in [-0.4, -0.2) is 29.9 Å². The second kappa shape index (κ2) is 12.2. The summed E-state index contributed by atoms with van der Waals surface area (Å²) >= 11 is 7.84. The molecule has 1 aliphatic rings. The van der Waals surface area contributed by atoms with E-state index >= 15 is 0 Å². The first-order valence-electron chi connectivity index (χ1n) is 11.8. The first-order chi connectivity index (χ1) is 17.0. The van der Waals surface area contributed by atoms with E-state index in [0.717, 1.165) is 24.2 Å². The van der Waals surface area contributed by atoms with Gasteiger partial charge in [0.2, 0.25) is 0 Å². The van der Waals surface area contributed by atoms with Crippen LogP contribution in [0.5, 0.6) is 0 Å². The number of carbonyl (C=O) groups is 2. The van der Waals surface area contributed by atoms with Crippen LogP contribution in [-0.2, 0) is 0 Å². The Hall–Kier alpha value is -2.87. The SMILES string of the molecule is NCC1CCCC(CNC(=O)c2ccc(NC(=O)c3cccnc3Sc3ccccc3)cc2Cl)C1. The number of amides is 2. The van der Waals surface area contributed by atoms with Crippen LogP contribution in [0.25, 0.3) is 0 Å². The Kier molecular flexibility index (Phi) is 8.79. The zero-order chi connectivity index (χ0) is 24.6. The lowest BCUT2D eigenvalue weighted by Gasteiger charge is -2.28. The van der Waals surface area contributed by atoms with Gasteiger partial charge in [0.15, 0.2) is 0 Å². The molecular formula is C27H29ClN4O2S. The smallest absolute Gasteiger partial charge is 0.258 e. The Morgan fingerprint density at radius 1 is 1.00 bits per heavy atom. The summed E-state index contributed by atoms with van der Waals surface area (Å²) in [5.41, 5.74) is 7.18. The van der Waals surface area contributed by atoms with Gasteiger partial charge in [0.1, 0.15) is 5.03 Å². The molecule has 35 heavy (non-hydrogen) atoms. The summed E-state index contributed by atoms with van der Waals surface area (Å²) in [6.45, 7) is 1.32. The summed E-state index contributed by atoms with van der Waals surface area (Å²) in [4.78, 5) is 31.1. The summed E-state index contributed by atoms with van der Waals surface area (Å²) in [6.07, 6.45) is 6.14. The number of nitrogens with one attached hydrogen (secondary N) is 2. The van der Waals surface area contributed by atoms with E-state index in [1.54, 1.807) is 36.5 Å². The highest BCUT2D eigenvalue weighted by Crippen LogP contribution is 2.30. The number of pyridine rings is 1. The van der Waals surface area contributed by atoms with E-state index in [2.05, 4.69) is 15.6 Å². The Labute approximate surface area is 215 Å². The Bertz CT molecular complexity index is 1170. The zero-order valence-electron chi connectivity index (χ0n) is 19.4. The van der Waals surface area contributed by atoms with Crippen molar-refractivity contribution >= 4 is 40.9 Å². The Morgan fingerprint density at radius 3 is 2.57 bits per heavy atom. The maximum absolute atomic E-state index is 13.0. The first-order valence-corrected chi connectivity index (χ1v) is 13.0. The predicted octanol–water partition coefficient (Wildman–Crippen LogP) is 5.63. The van der Waals surface area contributed by atoms with Crippen LogP contribution in [0.4, 0.5) is 5.69 Å². The van der Waals surface area contributed by atoms with Gasteiger partial charge in [-0.3, -0.25) is 9.59 Å². The third kappa shape index (κ3) is 6.84. The third-order valence-electron chi connectivity index (χ3n) is 6.22. The average molecular weight is 509 g/mol. The topological polar surface area (TPSA) is 97.1 Å². The fourth-order valence-corrected chi connectivity index (χ4v) is 5.52. The molecule has 0 radical (unpaired) electrons. The summed E-state index contributed by atoms with van der Waals surface area (Å²) in [5, 5.41) is 6.77. The van der Waals surface area contributed by atoms with Crippen LogP contribution in [0.2, 0.25) is 5.02 Å². The molecule has 2 amide bonds.